The average molecular weight is 232 g/mol. The Balaban J connectivity index is 1.80. The van der Waals surface area contributed by atoms with Crippen molar-refractivity contribution in [2.45, 2.75) is 6.42 Å². The average Bonchev–Trinajstić information content (AvgIpc) is 2.81. The van der Waals surface area contributed by atoms with E-state index in [0.29, 0.717) is 6.42 Å². The third-order valence-corrected chi connectivity index (χ3v) is 2.86. The summed E-state index contributed by atoms with van der Waals surface area (Å²) >= 11 is 1.60. The molecule has 0 aliphatic heterocycles. The molecule has 0 unspecified atom stereocenters. The highest BCUT2D eigenvalue weighted by molar-refractivity contribution is 7.07. The van der Waals surface area contributed by atoms with E-state index in [-0.39, 0.29) is 12.4 Å². The van der Waals surface area contributed by atoms with Crippen LogP contribution in [0.4, 0.5) is 0 Å². The van der Waals surface area contributed by atoms with Crippen molar-refractivity contribution in [3.05, 3.63) is 52.7 Å². The van der Waals surface area contributed by atoms with Gasteiger partial charge in [-0.2, -0.15) is 11.3 Å². The molecule has 2 rings (SSSR count). The Hall–Kier alpha value is -1.61. The lowest BCUT2D eigenvalue weighted by molar-refractivity contribution is -0.120. The molecule has 3 heteroatoms. The number of rotatable bonds is 5. The summed E-state index contributed by atoms with van der Waals surface area (Å²) in [6.45, 7) is 0.139. The number of hydrogen-bond donors (Lipinski definition) is 0. The summed E-state index contributed by atoms with van der Waals surface area (Å²) in [5, 5.41) is 3.96. The fourth-order valence-corrected chi connectivity index (χ4v) is 2.02. The van der Waals surface area contributed by atoms with Gasteiger partial charge >= 0.3 is 0 Å². The van der Waals surface area contributed by atoms with E-state index in [2.05, 4.69) is 0 Å². The van der Waals surface area contributed by atoms with E-state index in [1.165, 1.54) is 0 Å². The zero-order valence-electron chi connectivity index (χ0n) is 8.76. The van der Waals surface area contributed by atoms with Crippen LogP contribution in [0.5, 0.6) is 5.75 Å². The Morgan fingerprint density at radius 1 is 1.19 bits per heavy atom. The third-order valence-electron chi connectivity index (χ3n) is 2.12. The van der Waals surface area contributed by atoms with Crippen LogP contribution >= 0.6 is 11.3 Å². The van der Waals surface area contributed by atoms with Gasteiger partial charge in [0.15, 0.2) is 5.78 Å². The maximum atomic E-state index is 11.6. The fraction of sp³-hybridized carbons (Fsp3) is 0.154. The molecule has 0 N–H and O–H groups in total. The molecule has 0 spiro atoms. The summed E-state index contributed by atoms with van der Waals surface area (Å²) in [4.78, 5) is 11.6. The van der Waals surface area contributed by atoms with Gasteiger partial charge in [0.25, 0.3) is 0 Å². The molecule has 0 saturated heterocycles. The number of benzene rings is 1. The molecule has 0 bridgehead atoms. The number of hydrogen-bond acceptors (Lipinski definition) is 3. The lowest BCUT2D eigenvalue weighted by Crippen LogP contribution is -2.13. The number of ether oxygens (including phenoxy) is 1. The standard InChI is InChI=1S/C13H12O2S/c14-12(8-11-6-7-16-10-11)9-15-13-4-2-1-3-5-13/h1-7,10H,8-9H2. The molecule has 0 aliphatic rings. The van der Waals surface area contributed by atoms with E-state index in [4.69, 9.17) is 4.74 Å². The first kappa shape index (κ1) is 10.9. The van der Waals surface area contributed by atoms with Crippen LogP contribution in [0.25, 0.3) is 0 Å². The van der Waals surface area contributed by atoms with Crippen LogP contribution < -0.4 is 4.74 Å². The van der Waals surface area contributed by atoms with Crippen LogP contribution in [0.15, 0.2) is 47.2 Å². The lowest BCUT2D eigenvalue weighted by atomic mass is 10.2. The first-order chi connectivity index (χ1) is 7.84. The molecule has 0 amide bonds. The fourth-order valence-electron chi connectivity index (χ4n) is 1.35. The van der Waals surface area contributed by atoms with Gasteiger partial charge in [-0.1, -0.05) is 18.2 Å². The predicted octanol–water partition coefficient (Wildman–Crippen LogP) is 2.94. The molecule has 1 aromatic carbocycles. The van der Waals surface area contributed by atoms with Crippen LogP contribution in [-0.2, 0) is 11.2 Å². The van der Waals surface area contributed by atoms with Crippen molar-refractivity contribution in [3.63, 3.8) is 0 Å². The monoisotopic (exact) mass is 232 g/mol. The van der Waals surface area contributed by atoms with Gasteiger partial charge in [0.1, 0.15) is 12.4 Å². The summed E-state index contributed by atoms with van der Waals surface area (Å²) in [5.41, 5.74) is 1.06. The predicted molar refractivity (Wildman–Crippen MR) is 65.0 cm³/mol. The van der Waals surface area contributed by atoms with E-state index >= 15 is 0 Å². The van der Waals surface area contributed by atoms with Crippen molar-refractivity contribution in [2.24, 2.45) is 0 Å². The van der Waals surface area contributed by atoms with E-state index in [9.17, 15) is 4.79 Å². The second-order valence-electron chi connectivity index (χ2n) is 3.45. The second kappa shape index (κ2) is 5.47. The first-order valence-corrected chi connectivity index (χ1v) is 5.99. The van der Waals surface area contributed by atoms with Crippen LogP contribution in [0.3, 0.4) is 0 Å². The van der Waals surface area contributed by atoms with E-state index in [0.717, 1.165) is 11.3 Å². The number of ketones is 1. The highest BCUT2D eigenvalue weighted by atomic mass is 32.1. The van der Waals surface area contributed by atoms with Gasteiger partial charge in [0.05, 0.1) is 0 Å². The highest BCUT2D eigenvalue weighted by Crippen LogP contribution is 2.10. The van der Waals surface area contributed by atoms with Crippen molar-refractivity contribution < 1.29 is 9.53 Å². The quantitative estimate of drug-likeness (QED) is 0.792. The van der Waals surface area contributed by atoms with E-state index in [1.54, 1.807) is 11.3 Å². The van der Waals surface area contributed by atoms with E-state index < -0.39 is 0 Å². The summed E-state index contributed by atoms with van der Waals surface area (Å²) in [5.74, 6) is 0.837. The van der Waals surface area contributed by atoms with E-state index in [1.807, 2.05) is 47.2 Å². The zero-order chi connectivity index (χ0) is 11.2. The molecule has 0 fully saturated rings. The minimum absolute atomic E-state index is 0.0993. The van der Waals surface area contributed by atoms with Crippen molar-refractivity contribution >= 4 is 17.1 Å². The van der Waals surface area contributed by atoms with Crippen molar-refractivity contribution in [2.75, 3.05) is 6.61 Å². The lowest BCUT2D eigenvalue weighted by Gasteiger charge is -2.04. The van der Waals surface area contributed by atoms with Crippen molar-refractivity contribution in [1.82, 2.24) is 0 Å². The SMILES string of the molecule is O=C(COc1ccccc1)Cc1ccsc1. The Labute approximate surface area is 98.5 Å². The van der Waals surface area contributed by atoms with Crippen LogP contribution in [0.2, 0.25) is 0 Å². The topological polar surface area (TPSA) is 26.3 Å². The van der Waals surface area contributed by atoms with Crippen LogP contribution in [0, 0.1) is 0 Å². The molecule has 0 saturated carbocycles. The third kappa shape index (κ3) is 3.21. The van der Waals surface area contributed by atoms with Crippen molar-refractivity contribution in [1.29, 1.82) is 0 Å². The maximum absolute atomic E-state index is 11.6. The number of carbonyl (C=O) groups is 1. The minimum atomic E-state index is 0.0993. The Morgan fingerprint density at radius 3 is 2.69 bits per heavy atom. The van der Waals surface area contributed by atoms with Gasteiger partial charge in [-0.3, -0.25) is 4.79 Å². The summed E-state index contributed by atoms with van der Waals surface area (Å²) in [7, 11) is 0. The Bertz CT molecular complexity index is 434. The largest absolute Gasteiger partial charge is 0.486 e. The van der Waals surface area contributed by atoms with Crippen LogP contribution in [-0.4, -0.2) is 12.4 Å². The number of thiophene rings is 1. The minimum Gasteiger partial charge on any atom is -0.486 e. The first-order valence-electron chi connectivity index (χ1n) is 5.05. The highest BCUT2D eigenvalue weighted by Gasteiger charge is 2.04. The molecule has 2 nitrogen and oxygen atoms in total. The molecule has 16 heavy (non-hydrogen) atoms. The Morgan fingerprint density at radius 2 is 2.00 bits per heavy atom. The molecule has 0 aliphatic carbocycles. The smallest absolute Gasteiger partial charge is 0.174 e. The number of para-hydroxylation sites is 1. The van der Waals surface area contributed by atoms with Gasteiger partial charge in [0.2, 0.25) is 0 Å². The number of carbonyl (C=O) groups excluding carboxylic acids is 1. The van der Waals surface area contributed by atoms with Crippen LogP contribution in [0.1, 0.15) is 5.56 Å². The normalized spacial score (nSPS) is 10.0. The Kier molecular flexibility index (Phi) is 3.72. The van der Waals surface area contributed by atoms with Gasteiger partial charge < -0.3 is 4.74 Å². The molecule has 2 aromatic rings. The van der Waals surface area contributed by atoms with Gasteiger partial charge in [-0.15, -0.1) is 0 Å². The van der Waals surface area contributed by atoms with Gasteiger partial charge in [0, 0.05) is 6.42 Å². The zero-order valence-corrected chi connectivity index (χ0v) is 9.57. The maximum Gasteiger partial charge on any atom is 0.174 e. The second-order valence-corrected chi connectivity index (χ2v) is 4.23. The molecule has 1 aromatic heterocycles. The molecule has 0 radical (unpaired) electrons. The van der Waals surface area contributed by atoms with Gasteiger partial charge in [-0.25, -0.2) is 0 Å². The summed E-state index contributed by atoms with van der Waals surface area (Å²) in [6.07, 6.45) is 0.455. The molecular formula is C13H12O2S. The summed E-state index contributed by atoms with van der Waals surface area (Å²) < 4.78 is 5.37. The van der Waals surface area contributed by atoms with Gasteiger partial charge in [-0.05, 0) is 34.5 Å². The number of Topliss-reactive ketones (excluding diaryl/α,β-unsaturated/α-hetero) is 1. The molecule has 82 valence electrons. The summed E-state index contributed by atoms with van der Waals surface area (Å²) in [6, 6.07) is 11.3. The van der Waals surface area contributed by atoms with Crippen molar-refractivity contribution in [3.8, 4) is 5.75 Å². The molecule has 1 heterocycles. The molecular weight excluding hydrogens is 220 g/mol. The molecule has 0 atom stereocenters.